The fourth-order valence-corrected chi connectivity index (χ4v) is 2.87. The van der Waals surface area contributed by atoms with Gasteiger partial charge in [0.25, 0.3) is 11.8 Å². The lowest BCUT2D eigenvalue weighted by atomic mass is 10.1. The third kappa shape index (κ3) is 2.65. The second kappa shape index (κ2) is 6.14. The van der Waals surface area contributed by atoms with Crippen LogP contribution in [0.2, 0.25) is 0 Å². The summed E-state index contributed by atoms with van der Waals surface area (Å²) in [7, 11) is 2.62. The fraction of sp³-hybridized carbons (Fsp3) is 0.222. The van der Waals surface area contributed by atoms with Crippen LogP contribution in [-0.4, -0.2) is 52.3 Å². The van der Waals surface area contributed by atoms with Crippen molar-refractivity contribution >= 4 is 40.8 Å². The van der Waals surface area contributed by atoms with Gasteiger partial charge in [-0.2, -0.15) is 0 Å². The Morgan fingerprint density at radius 2 is 1.69 bits per heavy atom. The number of urea groups is 1. The van der Waals surface area contributed by atoms with Gasteiger partial charge in [0, 0.05) is 31.2 Å². The zero-order chi connectivity index (χ0) is 19.2. The zero-order valence-electron chi connectivity index (χ0n) is 14.4. The highest BCUT2D eigenvalue weighted by molar-refractivity contribution is 6.30. The summed E-state index contributed by atoms with van der Waals surface area (Å²) >= 11 is 0. The van der Waals surface area contributed by atoms with Crippen molar-refractivity contribution < 1.29 is 24.3 Å². The highest BCUT2D eigenvalue weighted by atomic mass is 16.4. The van der Waals surface area contributed by atoms with E-state index in [9.17, 15) is 24.3 Å². The van der Waals surface area contributed by atoms with Crippen LogP contribution in [0.25, 0.3) is 17.0 Å². The number of amides is 4. The first-order valence-electron chi connectivity index (χ1n) is 7.85. The lowest BCUT2D eigenvalue weighted by Crippen LogP contribution is -2.52. The van der Waals surface area contributed by atoms with Crippen molar-refractivity contribution in [2.45, 2.75) is 13.0 Å². The summed E-state index contributed by atoms with van der Waals surface area (Å²) in [6, 6.07) is 5.34. The van der Waals surface area contributed by atoms with E-state index in [1.54, 1.807) is 35.0 Å². The van der Waals surface area contributed by atoms with E-state index >= 15 is 0 Å². The number of barbiturate groups is 1. The normalized spacial score (nSPS) is 16.4. The smallest absolute Gasteiger partial charge is 0.333 e. The molecule has 0 unspecified atom stereocenters. The number of carbonyl (C=O) groups excluding carboxylic acids is 4. The summed E-state index contributed by atoms with van der Waals surface area (Å²) < 4.78 is 1.57. The Bertz CT molecular complexity index is 962. The average Bonchev–Trinajstić information content (AvgIpc) is 3.04. The largest absolute Gasteiger partial charge is 0.548 e. The van der Waals surface area contributed by atoms with Gasteiger partial charge < -0.3 is 14.5 Å². The van der Waals surface area contributed by atoms with Gasteiger partial charge in [-0.1, -0.05) is 6.07 Å². The molecule has 8 nitrogen and oxygen atoms in total. The molecule has 0 spiro atoms. The zero-order valence-corrected chi connectivity index (χ0v) is 14.4. The number of fused-ring (bicyclic) bond motifs is 1. The molecule has 1 aromatic carbocycles. The predicted octanol–water partition coefficient (Wildman–Crippen LogP) is 0.386. The van der Waals surface area contributed by atoms with E-state index in [0.29, 0.717) is 11.1 Å². The van der Waals surface area contributed by atoms with Crippen LogP contribution in [0.1, 0.15) is 18.5 Å². The molecule has 2 heterocycles. The summed E-state index contributed by atoms with van der Waals surface area (Å²) in [4.78, 5) is 49.1. The molecule has 3 rings (SSSR count). The molecular weight excluding hydrogens is 338 g/mol. The van der Waals surface area contributed by atoms with Crippen LogP contribution in [-0.2, 0) is 14.4 Å². The van der Waals surface area contributed by atoms with E-state index in [1.807, 2.05) is 0 Å². The quantitative estimate of drug-likeness (QED) is 0.586. The van der Waals surface area contributed by atoms with Crippen molar-refractivity contribution in [2.24, 2.45) is 0 Å². The molecular formula is C18H16N3O5-. The first-order chi connectivity index (χ1) is 12.2. The molecule has 0 aliphatic carbocycles. The highest BCUT2D eigenvalue weighted by Crippen LogP contribution is 2.24. The molecule has 0 saturated carbocycles. The minimum atomic E-state index is -1.19. The number of imide groups is 2. The maximum atomic E-state index is 12.2. The number of benzene rings is 1. The number of carboxylic acids is 1. The van der Waals surface area contributed by atoms with Crippen molar-refractivity contribution in [3.05, 3.63) is 41.6 Å². The van der Waals surface area contributed by atoms with E-state index in [2.05, 4.69) is 0 Å². The Morgan fingerprint density at radius 3 is 2.27 bits per heavy atom. The lowest BCUT2D eigenvalue weighted by Gasteiger charge is -2.28. The Kier molecular flexibility index (Phi) is 4.11. The van der Waals surface area contributed by atoms with Crippen LogP contribution in [0.4, 0.5) is 4.79 Å². The summed E-state index contributed by atoms with van der Waals surface area (Å²) in [5, 5.41) is 11.8. The lowest BCUT2D eigenvalue weighted by molar-refractivity contribution is -0.309. The van der Waals surface area contributed by atoms with Crippen LogP contribution in [0.3, 0.4) is 0 Å². The van der Waals surface area contributed by atoms with Gasteiger partial charge in [0.05, 0.1) is 12.0 Å². The summed E-state index contributed by atoms with van der Waals surface area (Å²) in [6.45, 7) is 1.52. The van der Waals surface area contributed by atoms with Crippen LogP contribution in [0, 0.1) is 0 Å². The predicted molar refractivity (Wildman–Crippen MR) is 90.6 cm³/mol. The number of carbonyl (C=O) groups is 4. The minimum Gasteiger partial charge on any atom is -0.548 e. The molecule has 2 aromatic rings. The Morgan fingerprint density at radius 1 is 1.08 bits per heavy atom. The topological polar surface area (TPSA) is 103 Å². The van der Waals surface area contributed by atoms with Gasteiger partial charge in [0.2, 0.25) is 0 Å². The molecule has 0 N–H and O–H groups in total. The molecule has 4 amide bonds. The van der Waals surface area contributed by atoms with Crippen LogP contribution < -0.4 is 5.11 Å². The number of carboxylic acid groups (broad SMARTS) is 1. The second-order valence-electron chi connectivity index (χ2n) is 6.11. The maximum absolute atomic E-state index is 12.2. The molecule has 134 valence electrons. The van der Waals surface area contributed by atoms with Gasteiger partial charge in [-0.05, 0) is 36.8 Å². The number of nitrogens with zero attached hydrogens (tertiary/aromatic N) is 3. The first-order valence-corrected chi connectivity index (χ1v) is 7.85. The highest BCUT2D eigenvalue weighted by Gasteiger charge is 2.37. The Hall–Kier alpha value is -3.42. The van der Waals surface area contributed by atoms with E-state index in [-0.39, 0.29) is 5.57 Å². The number of rotatable bonds is 3. The number of hydrogen-bond acceptors (Lipinski definition) is 5. The van der Waals surface area contributed by atoms with Gasteiger partial charge in [-0.25, -0.2) is 4.79 Å². The van der Waals surface area contributed by atoms with E-state index < -0.39 is 29.9 Å². The van der Waals surface area contributed by atoms with Gasteiger partial charge >= 0.3 is 6.03 Å². The monoisotopic (exact) mass is 354 g/mol. The second-order valence-corrected chi connectivity index (χ2v) is 6.11. The molecule has 26 heavy (non-hydrogen) atoms. The standard InChI is InChI=1S/C18H17N3O5/c1-10(17(24)25)21-7-6-12-8-11(4-5-14(12)21)9-13-15(22)19(2)18(26)20(3)16(13)23/h4-10H,1-3H3,(H,24,25)/p-1/t10-/m0/s1. The molecule has 0 radical (unpaired) electrons. The van der Waals surface area contributed by atoms with Crippen LogP contribution in [0.15, 0.2) is 36.0 Å². The van der Waals surface area contributed by atoms with Crippen molar-refractivity contribution in [2.75, 3.05) is 14.1 Å². The van der Waals surface area contributed by atoms with Crippen LogP contribution >= 0.6 is 0 Å². The fourth-order valence-electron chi connectivity index (χ4n) is 2.87. The molecule has 1 aliphatic rings. The molecule has 1 atom stereocenters. The molecule has 0 bridgehead atoms. The SMILES string of the molecule is C[C@@H](C(=O)[O-])n1ccc2cc(C=C3C(=O)N(C)C(=O)N(C)C3=O)ccc21. The molecule has 1 aliphatic heterocycles. The summed E-state index contributed by atoms with van der Waals surface area (Å²) in [6.07, 6.45) is 3.06. The van der Waals surface area contributed by atoms with E-state index in [0.717, 1.165) is 15.2 Å². The maximum Gasteiger partial charge on any atom is 0.333 e. The van der Waals surface area contributed by atoms with E-state index in [1.165, 1.54) is 27.1 Å². The number of aromatic nitrogens is 1. The Labute approximate surface area is 148 Å². The third-order valence-corrected chi connectivity index (χ3v) is 4.46. The summed E-state index contributed by atoms with van der Waals surface area (Å²) in [5.41, 5.74) is 1.16. The third-order valence-electron chi connectivity index (χ3n) is 4.46. The van der Waals surface area contributed by atoms with Gasteiger partial charge in [0.15, 0.2) is 0 Å². The molecule has 8 heteroatoms. The van der Waals surface area contributed by atoms with Crippen molar-refractivity contribution in [1.29, 1.82) is 0 Å². The molecule has 1 saturated heterocycles. The van der Waals surface area contributed by atoms with Crippen molar-refractivity contribution in [3.63, 3.8) is 0 Å². The van der Waals surface area contributed by atoms with Gasteiger partial charge in [0.1, 0.15) is 5.57 Å². The average molecular weight is 354 g/mol. The van der Waals surface area contributed by atoms with Crippen LogP contribution in [0.5, 0.6) is 0 Å². The van der Waals surface area contributed by atoms with Crippen molar-refractivity contribution in [1.82, 2.24) is 14.4 Å². The number of aliphatic carboxylic acids is 1. The van der Waals surface area contributed by atoms with Gasteiger partial charge in [-0.3, -0.25) is 19.4 Å². The van der Waals surface area contributed by atoms with Crippen molar-refractivity contribution in [3.8, 4) is 0 Å². The number of likely N-dealkylation sites (N-methyl/N-ethyl adjacent to an activating group) is 2. The van der Waals surface area contributed by atoms with Gasteiger partial charge in [-0.15, -0.1) is 0 Å². The van der Waals surface area contributed by atoms with E-state index in [4.69, 9.17) is 0 Å². The molecule has 1 fully saturated rings. The first kappa shape index (κ1) is 17.4. The minimum absolute atomic E-state index is 0.114. The molecule has 1 aromatic heterocycles. The number of hydrogen-bond donors (Lipinski definition) is 0. The summed E-state index contributed by atoms with van der Waals surface area (Å²) in [5.74, 6) is -2.52. The Balaban J connectivity index is 2.02.